The van der Waals surface area contributed by atoms with Gasteiger partial charge in [-0.05, 0) is 72.8 Å². The van der Waals surface area contributed by atoms with Gasteiger partial charge in [0, 0.05) is 35.7 Å². The summed E-state index contributed by atoms with van der Waals surface area (Å²) in [7, 11) is -0.877. The monoisotopic (exact) mass is 573 g/mol. The second-order valence-corrected chi connectivity index (χ2v) is 11.2. The molecule has 0 saturated carbocycles. The molecule has 3 aromatic carbocycles. The van der Waals surface area contributed by atoms with Gasteiger partial charge in [-0.2, -0.15) is 0 Å². The Morgan fingerprint density at radius 3 is 0.897 bits per heavy atom. The third-order valence-electron chi connectivity index (χ3n) is 6.14. The Morgan fingerprint density at radius 2 is 0.641 bits per heavy atom. The number of aromatic nitrogens is 3. The third-order valence-corrected chi connectivity index (χ3v) is 8.87. The van der Waals surface area contributed by atoms with Crippen LogP contribution in [0.4, 0.5) is 0 Å². The fourth-order valence-electron chi connectivity index (χ4n) is 4.41. The topological polar surface area (TPSA) is 38.7 Å². The third kappa shape index (κ3) is 7.56. The van der Waals surface area contributed by atoms with Gasteiger partial charge in [0.25, 0.3) is 0 Å². The van der Waals surface area contributed by atoms with E-state index in [1.54, 1.807) is 18.6 Å². The molecular formula is C34H29CuN3P+. The summed E-state index contributed by atoms with van der Waals surface area (Å²) in [6.07, 6.45) is 5.40. The second-order valence-electron chi connectivity index (χ2n) is 8.67. The first-order valence-electron chi connectivity index (χ1n) is 12.7. The minimum Gasteiger partial charge on any atom is -0.260 e. The van der Waals surface area contributed by atoms with Gasteiger partial charge < -0.3 is 0 Å². The Hall–Kier alpha value is -3.94. The number of pyridine rings is 3. The maximum absolute atomic E-state index is 4.45. The zero-order chi connectivity index (χ0) is 25.8. The molecule has 195 valence electrons. The van der Waals surface area contributed by atoms with Crippen molar-refractivity contribution in [2.24, 2.45) is 0 Å². The first-order chi connectivity index (χ1) is 18.9. The van der Waals surface area contributed by atoms with E-state index in [-0.39, 0.29) is 23.0 Å². The Labute approximate surface area is 242 Å². The molecule has 0 atom stereocenters. The number of benzene rings is 3. The van der Waals surface area contributed by atoms with E-state index in [2.05, 4.69) is 106 Å². The molecule has 0 saturated heterocycles. The summed E-state index contributed by atoms with van der Waals surface area (Å²) >= 11 is 0. The predicted octanol–water partition coefficient (Wildman–Crippen LogP) is 6.23. The molecular weight excluding hydrogens is 545 g/mol. The van der Waals surface area contributed by atoms with Gasteiger partial charge in [-0.25, -0.2) is 0 Å². The minimum absolute atomic E-state index is 0. The van der Waals surface area contributed by atoms with Crippen LogP contribution in [0.15, 0.2) is 164 Å². The second kappa shape index (κ2) is 14.9. The summed E-state index contributed by atoms with van der Waals surface area (Å²) in [6, 6.07) is 50.2. The average Bonchev–Trinajstić information content (AvgIpc) is 3.01. The molecule has 0 spiro atoms. The predicted molar refractivity (Wildman–Crippen MR) is 160 cm³/mol. The molecule has 0 fully saturated rings. The van der Waals surface area contributed by atoms with E-state index in [4.69, 9.17) is 0 Å². The molecule has 0 aliphatic carbocycles. The Morgan fingerprint density at radius 1 is 0.359 bits per heavy atom. The standard InChI is InChI=1S/C18H15P.C16H13N3.Cu/c1-4-10-16(11-5-1)19(17-12-6-2-7-13-17)18-14-8-3-9-15-18;1-4-10-17-13(7-1)16(14-8-2-5-11-18-14)15-9-3-6-12-19-15;/h1-15H;1-12,16H;/p+1. The van der Waals surface area contributed by atoms with Crippen molar-refractivity contribution in [1.29, 1.82) is 0 Å². The number of hydrogen-bond donors (Lipinski definition) is 0. The van der Waals surface area contributed by atoms with Crippen molar-refractivity contribution in [3.8, 4) is 0 Å². The first kappa shape index (κ1) is 28.1. The van der Waals surface area contributed by atoms with Crippen molar-refractivity contribution in [1.82, 2.24) is 15.0 Å². The zero-order valence-corrected chi connectivity index (χ0v) is 23.3. The van der Waals surface area contributed by atoms with Crippen LogP contribution in [-0.2, 0) is 17.1 Å². The van der Waals surface area contributed by atoms with Crippen LogP contribution in [-0.4, -0.2) is 15.0 Å². The summed E-state index contributed by atoms with van der Waals surface area (Å²) in [5, 5.41) is 4.31. The molecule has 3 aromatic heterocycles. The van der Waals surface area contributed by atoms with E-state index >= 15 is 0 Å². The first-order valence-corrected chi connectivity index (χ1v) is 14.2. The largest absolute Gasteiger partial charge is 0.260 e. The van der Waals surface area contributed by atoms with Crippen molar-refractivity contribution >= 4 is 23.8 Å². The van der Waals surface area contributed by atoms with Gasteiger partial charge in [0.15, 0.2) is 0 Å². The van der Waals surface area contributed by atoms with E-state index < -0.39 is 7.92 Å². The van der Waals surface area contributed by atoms with E-state index in [0.29, 0.717) is 0 Å². The summed E-state index contributed by atoms with van der Waals surface area (Å²) in [6.45, 7) is 0. The molecule has 0 amide bonds. The van der Waals surface area contributed by atoms with Crippen LogP contribution in [0, 0.1) is 0 Å². The van der Waals surface area contributed by atoms with Crippen LogP contribution in [0.2, 0.25) is 0 Å². The molecule has 0 aliphatic heterocycles. The normalized spacial score (nSPS) is 10.3. The van der Waals surface area contributed by atoms with Crippen LogP contribution >= 0.6 is 7.92 Å². The number of nitrogens with zero attached hydrogens (tertiary/aromatic N) is 3. The molecule has 0 bridgehead atoms. The summed E-state index contributed by atoms with van der Waals surface area (Å²) in [5.41, 5.74) is 2.87. The van der Waals surface area contributed by atoms with Crippen molar-refractivity contribution in [3.63, 3.8) is 0 Å². The fourth-order valence-corrected chi connectivity index (χ4v) is 6.99. The molecule has 6 aromatic rings. The fraction of sp³-hybridized carbons (Fsp3) is 0.0294. The van der Waals surface area contributed by atoms with Crippen LogP contribution in [0.3, 0.4) is 0 Å². The van der Waals surface area contributed by atoms with Crippen molar-refractivity contribution in [2.75, 3.05) is 0 Å². The van der Waals surface area contributed by atoms with Crippen LogP contribution in [0.1, 0.15) is 23.0 Å². The molecule has 39 heavy (non-hydrogen) atoms. The Bertz CT molecular complexity index is 1180. The number of rotatable bonds is 6. The Kier molecular flexibility index (Phi) is 10.7. The van der Waals surface area contributed by atoms with Gasteiger partial charge in [0.2, 0.25) is 0 Å². The van der Waals surface area contributed by atoms with Crippen LogP contribution in [0.5, 0.6) is 0 Å². The van der Waals surface area contributed by atoms with Gasteiger partial charge in [0.05, 0.1) is 30.9 Å². The van der Waals surface area contributed by atoms with E-state index in [0.717, 1.165) is 17.1 Å². The maximum atomic E-state index is 4.45. The summed E-state index contributed by atoms with van der Waals surface area (Å²) in [5.74, 6) is -0.0244. The molecule has 0 aliphatic rings. The van der Waals surface area contributed by atoms with Gasteiger partial charge in [-0.3, -0.25) is 15.0 Å². The smallest absolute Gasteiger partial charge is 0.102 e. The molecule has 6 rings (SSSR count). The van der Waals surface area contributed by atoms with Crippen LogP contribution in [0.25, 0.3) is 0 Å². The van der Waals surface area contributed by atoms with Crippen molar-refractivity contribution < 1.29 is 17.1 Å². The molecule has 0 unspecified atom stereocenters. The molecule has 3 heterocycles. The minimum atomic E-state index is -0.877. The molecule has 1 radical (unpaired) electrons. The zero-order valence-electron chi connectivity index (χ0n) is 21.3. The molecule has 3 nitrogen and oxygen atoms in total. The van der Waals surface area contributed by atoms with Gasteiger partial charge in [0.1, 0.15) is 15.9 Å². The Balaban J connectivity index is 0.000000176. The van der Waals surface area contributed by atoms with Crippen LogP contribution < -0.4 is 15.9 Å². The van der Waals surface area contributed by atoms with Crippen molar-refractivity contribution in [3.05, 3.63) is 181 Å². The number of hydrogen-bond acceptors (Lipinski definition) is 3. The van der Waals surface area contributed by atoms with E-state index in [9.17, 15) is 0 Å². The average molecular weight is 574 g/mol. The van der Waals surface area contributed by atoms with Gasteiger partial charge in [-0.15, -0.1) is 0 Å². The maximum Gasteiger partial charge on any atom is 0.102 e. The quantitative estimate of drug-likeness (QED) is 0.175. The summed E-state index contributed by atoms with van der Waals surface area (Å²) in [4.78, 5) is 13.4. The van der Waals surface area contributed by atoms with Gasteiger partial charge >= 0.3 is 0 Å². The van der Waals surface area contributed by atoms with Gasteiger partial charge in [-0.1, -0.05) is 72.8 Å². The van der Waals surface area contributed by atoms with E-state index in [1.165, 1.54) is 15.9 Å². The molecule has 5 heteroatoms. The van der Waals surface area contributed by atoms with E-state index in [1.807, 2.05) is 54.6 Å². The molecule has 0 N–H and O–H groups in total. The van der Waals surface area contributed by atoms with Crippen molar-refractivity contribution in [2.45, 2.75) is 5.92 Å². The SMILES string of the molecule is [Cu].c1ccc(C(c2ccccn2)c2ccccn2)nc1.c1ccc([PH+](c2ccccc2)c2ccccc2)cc1. The summed E-state index contributed by atoms with van der Waals surface area (Å²) < 4.78 is 0.